The maximum Gasteiger partial charge on any atom is 0.119 e. The number of rotatable bonds is 5. The van der Waals surface area contributed by atoms with E-state index in [0.717, 1.165) is 31.7 Å². The zero-order valence-corrected chi connectivity index (χ0v) is 12.8. The maximum atomic E-state index is 6.04. The number of hydrogen-bond donors (Lipinski definition) is 1. The average molecular weight is 303 g/mol. The van der Waals surface area contributed by atoms with Gasteiger partial charge in [-0.15, -0.1) is 11.3 Å². The molecule has 0 radical (unpaired) electrons. The minimum absolute atomic E-state index is 0.301. The zero-order valence-electron chi connectivity index (χ0n) is 12.0. The van der Waals surface area contributed by atoms with E-state index in [9.17, 15) is 0 Å². The molecular formula is C16H21N3OS. The van der Waals surface area contributed by atoms with Crippen molar-refractivity contribution < 1.29 is 4.74 Å². The lowest BCUT2D eigenvalue weighted by Gasteiger charge is -2.36. The van der Waals surface area contributed by atoms with Gasteiger partial charge in [-0.1, -0.05) is 18.2 Å². The summed E-state index contributed by atoms with van der Waals surface area (Å²) in [4.78, 5) is 7.89. The fourth-order valence-corrected chi connectivity index (χ4v) is 3.60. The largest absolute Gasteiger partial charge is 0.490 e. The van der Waals surface area contributed by atoms with Gasteiger partial charge in [0.1, 0.15) is 11.9 Å². The van der Waals surface area contributed by atoms with Gasteiger partial charge < -0.3 is 10.5 Å². The van der Waals surface area contributed by atoms with Gasteiger partial charge in [0, 0.05) is 30.7 Å². The molecule has 0 spiro atoms. The number of ether oxygens (including phenoxy) is 1. The second-order valence-corrected chi connectivity index (χ2v) is 6.24. The molecular weight excluding hydrogens is 282 g/mol. The van der Waals surface area contributed by atoms with Crippen LogP contribution in [0.5, 0.6) is 5.75 Å². The van der Waals surface area contributed by atoms with Crippen LogP contribution in [-0.4, -0.2) is 35.6 Å². The highest BCUT2D eigenvalue weighted by Crippen LogP contribution is 2.27. The maximum absolute atomic E-state index is 6.04. The van der Waals surface area contributed by atoms with Crippen molar-refractivity contribution in [3.05, 3.63) is 46.9 Å². The molecule has 0 aliphatic carbocycles. The molecule has 21 heavy (non-hydrogen) atoms. The molecule has 0 amide bonds. The molecule has 1 unspecified atom stereocenters. The van der Waals surface area contributed by atoms with Gasteiger partial charge in [-0.2, -0.15) is 0 Å². The molecule has 2 heterocycles. The molecule has 1 aliphatic heterocycles. The summed E-state index contributed by atoms with van der Waals surface area (Å²) in [5, 5.41) is 0. The van der Waals surface area contributed by atoms with Crippen LogP contribution < -0.4 is 10.5 Å². The Bertz CT molecular complexity index is 524. The van der Waals surface area contributed by atoms with Crippen LogP contribution in [0.3, 0.4) is 0 Å². The Hall–Kier alpha value is -1.43. The first-order chi connectivity index (χ1) is 10.4. The van der Waals surface area contributed by atoms with E-state index in [1.807, 2.05) is 42.0 Å². The summed E-state index contributed by atoms with van der Waals surface area (Å²) in [6.07, 6.45) is 4.34. The summed E-state index contributed by atoms with van der Waals surface area (Å²) >= 11 is 1.69. The summed E-state index contributed by atoms with van der Waals surface area (Å²) in [6, 6.07) is 10.4. The van der Waals surface area contributed by atoms with Crippen molar-refractivity contribution in [1.82, 2.24) is 9.88 Å². The van der Waals surface area contributed by atoms with E-state index in [2.05, 4.69) is 9.88 Å². The molecule has 1 aromatic carbocycles. The average Bonchev–Trinajstić information content (AvgIpc) is 3.05. The predicted molar refractivity (Wildman–Crippen MR) is 85.6 cm³/mol. The van der Waals surface area contributed by atoms with Crippen LogP contribution >= 0.6 is 11.3 Å². The van der Waals surface area contributed by atoms with E-state index in [0.29, 0.717) is 18.7 Å². The third-order valence-corrected chi connectivity index (χ3v) is 4.84. The minimum Gasteiger partial charge on any atom is -0.490 e. The second-order valence-electron chi connectivity index (χ2n) is 5.32. The molecule has 4 nitrogen and oxygen atoms in total. The molecule has 2 N–H and O–H groups in total. The van der Waals surface area contributed by atoms with Crippen molar-refractivity contribution in [3.8, 4) is 5.75 Å². The number of likely N-dealkylation sites (tertiary alicyclic amines) is 1. The minimum atomic E-state index is 0.301. The van der Waals surface area contributed by atoms with E-state index >= 15 is 0 Å². The topological polar surface area (TPSA) is 51.4 Å². The number of hydrogen-bond acceptors (Lipinski definition) is 5. The molecule has 0 bridgehead atoms. The number of aromatic nitrogens is 1. The molecule has 3 rings (SSSR count). The molecule has 1 saturated heterocycles. The predicted octanol–water partition coefficient (Wildman–Crippen LogP) is 2.69. The van der Waals surface area contributed by atoms with Gasteiger partial charge in [-0.25, -0.2) is 0 Å². The molecule has 1 aliphatic rings. The van der Waals surface area contributed by atoms with Crippen LogP contribution in [0.1, 0.15) is 23.8 Å². The van der Waals surface area contributed by atoms with Gasteiger partial charge in [-0.05, 0) is 25.0 Å². The van der Waals surface area contributed by atoms with E-state index in [1.165, 1.54) is 4.88 Å². The molecule has 2 aromatic rings. The summed E-state index contributed by atoms with van der Waals surface area (Å²) in [6.45, 7) is 2.70. The fraction of sp³-hybridized carbons (Fsp3) is 0.438. The zero-order chi connectivity index (χ0) is 14.5. The number of thiazole rings is 1. The van der Waals surface area contributed by atoms with Crippen LogP contribution in [0.15, 0.2) is 42.0 Å². The van der Waals surface area contributed by atoms with Gasteiger partial charge in [0.2, 0.25) is 0 Å². The van der Waals surface area contributed by atoms with E-state index in [4.69, 9.17) is 10.5 Å². The third-order valence-electron chi connectivity index (χ3n) is 3.97. The van der Waals surface area contributed by atoms with E-state index < -0.39 is 0 Å². The SMILES string of the molecule is NCC(c1cncs1)N1CCC(Oc2ccccc2)CC1. The van der Waals surface area contributed by atoms with Crippen molar-refractivity contribution in [2.75, 3.05) is 19.6 Å². The van der Waals surface area contributed by atoms with Crippen LogP contribution in [-0.2, 0) is 0 Å². The lowest BCUT2D eigenvalue weighted by atomic mass is 10.0. The van der Waals surface area contributed by atoms with Crippen molar-refractivity contribution in [2.24, 2.45) is 5.73 Å². The monoisotopic (exact) mass is 303 g/mol. The van der Waals surface area contributed by atoms with Gasteiger partial charge in [-0.3, -0.25) is 9.88 Å². The summed E-state index contributed by atoms with van der Waals surface area (Å²) in [5.41, 5.74) is 7.84. The summed E-state index contributed by atoms with van der Waals surface area (Å²) in [7, 11) is 0. The van der Waals surface area contributed by atoms with E-state index in [-0.39, 0.29) is 0 Å². The molecule has 0 saturated carbocycles. The number of nitrogens with two attached hydrogens (primary N) is 1. The Kier molecular flexibility index (Phi) is 4.85. The highest BCUT2D eigenvalue weighted by Gasteiger charge is 2.26. The Balaban J connectivity index is 1.55. The fourth-order valence-electron chi connectivity index (χ4n) is 2.83. The Labute approximate surface area is 129 Å². The third kappa shape index (κ3) is 3.61. The highest BCUT2D eigenvalue weighted by molar-refractivity contribution is 7.09. The smallest absolute Gasteiger partial charge is 0.119 e. The first-order valence-electron chi connectivity index (χ1n) is 7.41. The number of piperidine rings is 1. The normalized spacial score (nSPS) is 18.5. The quantitative estimate of drug-likeness (QED) is 0.922. The van der Waals surface area contributed by atoms with Gasteiger partial charge in [0.25, 0.3) is 0 Å². The van der Waals surface area contributed by atoms with Gasteiger partial charge >= 0.3 is 0 Å². The van der Waals surface area contributed by atoms with Gasteiger partial charge in [0.15, 0.2) is 0 Å². The Morgan fingerprint density at radius 2 is 2.05 bits per heavy atom. The van der Waals surface area contributed by atoms with Crippen molar-refractivity contribution >= 4 is 11.3 Å². The number of benzene rings is 1. The highest BCUT2D eigenvalue weighted by atomic mass is 32.1. The lowest BCUT2D eigenvalue weighted by molar-refractivity contribution is 0.0779. The van der Waals surface area contributed by atoms with Crippen LogP contribution in [0, 0.1) is 0 Å². The Morgan fingerprint density at radius 1 is 1.29 bits per heavy atom. The van der Waals surface area contributed by atoms with Crippen LogP contribution in [0.4, 0.5) is 0 Å². The van der Waals surface area contributed by atoms with Crippen molar-refractivity contribution in [3.63, 3.8) is 0 Å². The second kappa shape index (κ2) is 7.02. The van der Waals surface area contributed by atoms with E-state index in [1.54, 1.807) is 11.3 Å². The number of para-hydroxylation sites is 1. The van der Waals surface area contributed by atoms with Crippen molar-refractivity contribution in [1.29, 1.82) is 0 Å². The summed E-state index contributed by atoms with van der Waals surface area (Å²) in [5.74, 6) is 0.966. The van der Waals surface area contributed by atoms with Crippen LogP contribution in [0.2, 0.25) is 0 Å². The Morgan fingerprint density at radius 3 is 2.67 bits per heavy atom. The first-order valence-corrected chi connectivity index (χ1v) is 8.29. The van der Waals surface area contributed by atoms with Gasteiger partial charge in [0.05, 0.1) is 11.6 Å². The molecule has 1 aromatic heterocycles. The molecule has 112 valence electrons. The van der Waals surface area contributed by atoms with Crippen molar-refractivity contribution in [2.45, 2.75) is 25.0 Å². The van der Waals surface area contributed by atoms with Crippen LogP contribution in [0.25, 0.3) is 0 Å². The lowest BCUT2D eigenvalue weighted by Crippen LogP contribution is -2.42. The number of nitrogens with zero attached hydrogens (tertiary/aromatic N) is 2. The molecule has 1 fully saturated rings. The standard InChI is InChI=1S/C16H21N3OS/c17-10-15(16-11-18-12-21-16)19-8-6-14(7-9-19)20-13-4-2-1-3-5-13/h1-5,11-12,14-15H,6-10,17H2. The molecule has 1 atom stereocenters. The first kappa shape index (κ1) is 14.5. The summed E-state index contributed by atoms with van der Waals surface area (Å²) < 4.78 is 6.04. The molecule has 5 heteroatoms.